The van der Waals surface area contributed by atoms with E-state index in [9.17, 15) is 9.18 Å². The summed E-state index contributed by atoms with van der Waals surface area (Å²) in [5.41, 5.74) is 0.813. The van der Waals surface area contributed by atoms with Gasteiger partial charge in [0.25, 0.3) is 0 Å². The summed E-state index contributed by atoms with van der Waals surface area (Å²) in [5, 5.41) is 3.66. The van der Waals surface area contributed by atoms with Gasteiger partial charge in [-0.2, -0.15) is 0 Å². The quantitative estimate of drug-likeness (QED) is 0.884. The Hall–Kier alpha value is -2.15. The number of carbonyl (C=O) groups excluding carboxylic acids is 1. The second-order valence-corrected chi connectivity index (χ2v) is 6.07. The number of rotatable bonds is 3. The lowest BCUT2D eigenvalue weighted by molar-refractivity contribution is 0.195. The van der Waals surface area contributed by atoms with Gasteiger partial charge in [-0.3, -0.25) is 0 Å². The van der Waals surface area contributed by atoms with E-state index in [4.69, 9.17) is 0 Å². The molecule has 1 aromatic heterocycles. The molecule has 0 aliphatic carbocycles. The molecule has 1 saturated heterocycles. The highest BCUT2D eigenvalue weighted by molar-refractivity contribution is 7.22. The van der Waals surface area contributed by atoms with E-state index in [0.717, 1.165) is 28.4 Å². The zero-order valence-corrected chi connectivity index (χ0v) is 12.9. The second-order valence-electron chi connectivity index (χ2n) is 5.06. The SMILES string of the molecule is C=CCNC(=O)N1CCN(c2nc3ccc(F)cc3s2)CC1. The molecule has 0 radical (unpaired) electrons. The van der Waals surface area contributed by atoms with Gasteiger partial charge in [0, 0.05) is 32.7 Å². The average Bonchev–Trinajstić information content (AvgIpc) is 2.95. The molecule has 0 atom stereocenters. The predicted octanol–water partition coefficient (Wildman–Crippen LogP) is 2.45. The smallest absolute Gasteiger partial charge is 0.317 e. The van der Waals surface area contributed by atoms with E-state index in [0.29, 0.717) is 19.6 Å². The number of anilines is 1. The molecular formula is C15H17FN4OS. The third-order valence-electron chi connectivity index (χ3n) is 3.57. The molecule has 3 rings (SSSR count). The van der Waals surface area contributed by atoms with Crippen LogP contribution < -0.4 is 10.2 Å². The number of nitrogens with one attached hydrogen (secondary N) is 1. The number of aromatic nitrogens is 1. The second kappa shape index (κ2) is 6.31. The molecule has 0 saturated carbocycles. The highest BCUT2D eigenvalue weighted by Gasteiger charge is 2.22. The van der Waals surface area contributed by atoms with Gasteiger partial charge in [0.15, 0.2) is 5.13 Å². The Morgan fingerprint density at radius 1 is 1.41 bits per heavy atom. The van der Waals surface area contributed by atoms with Crippen molar-refractivity contribution in [2.45, 2.75) is 0 Å². The van der Waals surface area contributed by atoms with Crippen LogP contribution in [0.1, 0.15) is 0 Å². The van der Waals surface area contributed by atoms with Gasteiger partial charge in [0.05, 0.1) is 10.2 Å². The zero-order chi connectivity index (χ0) is 15.5. The van der Waals surface area contributed by atoms with Crippen molar-refractivity contribution in [3.63, 3.8) is 0 Å². The van der Waals surface area contributed by atoms with Crippen LogP contribution in [0.2, 0.25) is 0 Å². The summed E-state index contributed by atoms with van der Waals surface area (Å²) in [6.07, 6.45) is 1.66. The molecule has 5 nitrogen and oxygen atoms in total. The third-order valence-corrected chi connectivity index (χ3v) is 4.65. The number of halogens is 1. The Morgan fingerprint density at radius 3 is 2.91 bits per heavy atom. The average molecular weight is 320 g/mol. The van der Waals surface area contributed by atoms with E-state index < -0.39 is 0 Å². The number of fused-ring (bicyclic) bond motifs is 1. The van der Waals surface area contributed by atoms with Crippen LogP contribution in [0, 0.1) is 5.82 Å². The summed E-state index contributed by atoms with van der Waals surface area (Å²) >= 11 is 1.48. The van der Waals surface area contributed by atoms with E-state index in [2.05, 4.69) is 21.8 Å². The normalized spacial score (nSPS) is 15.1. The number of hydrogen-bond donors (Lipinski definition) is 1. The van der Waals surface area contributed by atoms with Crippen LogP contribution in [-0.2, 0) is 0 Å². The molecule has 2 heterocycles. The number of benzene rings is 1. The maximum Gasteiger partial charge on any atom is 0.317 e. The summed E-state index contributed by atoms with van der Waals surface area (Å²) in [7, 11) is 0. The zero-order valence-electron chi connectivity index (χ0n) is 12.1. The van der Waals surface area contributed by atoms with E-state index in [1.54, 1.807) is 17.0 Å². The van der Waals surface area contributed by atoms with Crippen molar-refractivity contribution in [3.8, 4) is 0 Å². The highest BCUT2D eigenvalue weighted by atomic mass is 32.1. The number of amides is 2. The number of hydrogen-bond acceptors (Lipinski definition) is 4. The Bertz CT molecular complexity index is 694. The molecule has 0 spiro atoms. The minimum atomic E-state index is -0.244. The molecule has 22 heavy (non-hydrogen) atoms. The molecule has 7 heteroatoms. The molecule has 2 aromatic rings. The van der Waals surface area contributed by atoms with Gasteiger partial charge in [0.2, 0.25) is 0 Å². The fraction of sp³-hybridized carbons (Fsp3) is 0.333. The summed E-state index contributed by atoms with van der Waals surface area (Å²) in [6, 6.07) is 4.57. The van der Waals surface area contributed by atoms with E-state index in [1.165, 1.54) is 23.5 Å². The van der Waals surface area contributed by atoms with Crippen molar-refractivity contribution in [1.82, 2.24) is 15.2 Å². The Kier molecular flexibility index (Phi) is 4.24. The van der Waals surface area contributed by atoms with Crippen LogP contribution in [0.3, 0.4) is 0 Å². The topological polar surface area (TPSA) is 48.5 Å². The first-order valence-electron chi connectivity index (χ1n) is 7.12. The van der Waals surface area contributed by atoms with Crippen LogP contribution in [-0.4, -0.2) is 48.6 Å². The molecule has 0 bridgehead atoms. The Labute approximate surface area is 132 Å². The molecule has 0 unspecified atom stereocenters. The minimum Gasteiger partial charge on any atom is -0.345 e. The van der Waals surface area contributed by atoms with Crippen LogP contribution >= 0.6 is 11.3 Å². The van der Waals surface area contributed by atoms with Gasteiger partial charge in [-0.15, -0.1) is 6.58 Å². The fourth-order valence-corrected chi connectivity index (χ4v) is 3.44. The maximum atomic E-state index is 13.2. The van der Waals surface area contributed by atoms with E-state index >= 15 is 0 Å². The van der Waals surface area contributed by atoms with Crippen molar-refractivity contribution in [3.05, 3.63) is 36.7 Å². The van der Waals surface area contributed by atoms with Crippen molar-refractivity contribution in [2.75, 3.05) is 37.6 Å². The number of carbonyl (C=O) groups is 1. The van der Waals surface area contributed by atoms with E-state index in [-0.39, 0.29) is 11.8 Å². The van der Waals surface area contributed by atoms with Crippen LogP contribution in [0.4, 0.5) is 14.3 Å². The van der Waals surface area contributed by atoms with Crippen molar-refractivity contribution in [1.29, 1.82) is 0 Å². The molecule has 1 aliphatic heterocycles. The third kappa shape index (κ3) is 3.04. The van der Waals surface area contributed by atoms with Gasteiger partial charge >= 0.3 is 6.03 Å². The van der Waals surface area contributed by atoms with Gasteiger partial charge in [-0.25, -0.2) is 14.2 Å². The first kappa shape index (κ1) is 14.8. The number of nitrogens with zero attached hydrogens (tertiary/aromatic N) is 3. The fourth-order valence-electron chi connectivity index (χ4n) is 2.39. The maximum absolute atomic E-state index is 13.2. The van der Waals surface area contributed by atoms with Crippen LogP contribution in [0.25, 0.3) is 10.2 Å². The molecule has 2 amide bonds. The van der Waals surface area contributed by atoms with Crippen molar-refractivity contribution >= 4 is 32.7 Å². The first-order chi connectivity index (χ1) is 10.7. The van der Waals surface area contributed by atoms with Gasteiger partial charge in [0.1, 0.15) is 5.82 Å². The van der Waals surface area contributed by atoms with Gasteiger partial charge in [-0.05, 0) is 18.2 Å². The lowest BCUT2D eigenvalue weighted by Crippen LogP contribution is -2.51. The van der Waals surface area contributed by atoms with Crippen LogP contribution in [0.15, 0.2) is 30.9 Å². The molecule has 1 aromatic carbocycles. The summed E-state index contributed by atoms with van der Waals surface area (Å²) in [6.45, 7) is 6.80. The van der Waals surface area contributed by atoms with Gasteiger partial charge < -0.3 is 15.1 Å². The molecule has 1 fully saturated rings. The summed E-state index contributed by atoms with van der Waals surface area (Å²) in [5.74, 6) is -0.244. The molecular weight excluding hydrogens is 303 g/mol. The lowest BCUT2D eigenvalue weighted by atomic mass is 10.3. The monoisotopic (exact) mass is 320 g/mol. The Morgan fingerprint density at radius 2 is 2.18 bits per heavy atom. The summed E-state index contributed by atoms with van der Waals surface area (Å²) < 4.78 is 14.1. The minimum absolute atomic E-state index is 0.0640. The predicted molar refractivity (Wildman–Crippen MR) is 87.0 cm³/mol. The molecule has 1 aliphatic rings. The highest BCUT2D eigenvalue weighted by Crippen LogP contribution is 2.29. The van der Waals surface area contributed by atoms with E-state index in [1.807, 2.05) is 0 Å². The Balaban J connectivity index is 1.65. The molecule has 116 valence electrons. The van der Waals surface area contributed by atoms with Crippen molar-refractivity contribution in [2.24, 2.45) is 0 Å². The summed E-state index contributed by atoms with van der Waals surface area (Å²) in [4.78, 5) is 20.3. The van der Waals surface area contributed by atoms with Crippen molar-refractivity contribution < 1.29 is 9.18 Å². The number of thiazole rings is 1. The standard InChI is InChI=1S/C15H17FN4OS/c1-2-5-17-14(21)19-6-8-20(9-7-19)15-18-12-4-3-11(16)10-13(12)22-15/h2-4,10H,1,5-9H2,(H,17,21). The number of piperazine rings is 1. The first-order valence-corrected chi connectivity index (χ1v) is 7.94. The molecule has 1 N–H and O–H groups in total. The number of urea groups is 1. The largest absolute Gasteiger partial charge is 0.345 e. The van der Waals surface area contributed by atoms with Crippen LogP contribution in [0.5, 0.6) is 0 Å². The lowest BCUT2D eigenvalue weighted by Gasteiger charge is -2.34. The van der Waals surface area contributed by atoms with Gasteiger partial charge in [-0.1, -0.05) is 17.4 Å².